The fourth-order valence-electron chi connectivity index (χ4n) is 2.76. The number of carbonyl (C=O) groups is 2. The molecular weight excluding hydrogens is 419 g/mol. The van der Waals surface area contributed by atoms with Crippen LogP contribution in [-0.2, 0) is 9.63 Å². The van der Waals surface area contributed by atoms with Gasteiger partial charge in [-0.15, -0.1) is 5.10 Å². The van der Waals surface area contributed by atoms with Crippen molar-refractivity contribution < 1.29 is 23.6 Å². The third-order valence-electron chi connectivity index (χ3n) is 4.48. The lowest BCUT2D eigenvalue weighted by atomic mass is 10.2. The highest BCUT2D eigenvalue weighted by Gasteiger charge is 2.30. The molecule has 0 bridgehead atoms. The number of imidazole rings is 1. The van der Waals surface area contributed by atoms with Gasteiger partial charge < -0.3 is 15.4 Å². The quantitative estimate of drug-likeness (QED) is 0.458. The van der Waals surface area contributed by atoms with Crippen LogP contribution in [0.15, 0.2) is 36.5 Å². The van der Waals surface area contributed by atoms with E-state index in [4.69, 9.17) is 9.57 Å². The number of ether oxygens (including phenoxy) is 1. The number of amides is 3. The van der Waals surface area contributed by atoms with Gasteiger partial charge >= 0.3 is 6.03 Å². The molecule has 2 heterocycles. The van der Waals surface area contributed by atoms with Crippen LogP contribution in [0.5, 0.6) is 11.6 Å². The number of benzene rings is 1. The molecule has 2 aromatic heterocycles. The highest BCUT2D eigenvalue weighted by molar-refractivity contribution is 5.93. The molecule has 0 radical (unpaired) electrons. The molecule has 0 aliphatic heterocycles. The van der Waals surface area contributed by atoms with Gasteiger partial charge in [-0.3, -0.25) is 9.63 Å². The Bertz CT molecular complexity index is 1140. The maximum Gasteiger partial charge on any atom is 0.343 e. The van der Waals surface area contributed by atoms with Crippen LogP contribution in [0, 0.1) is 17.7 Å². The first kappa shape index (κ1) is 21.5. The van der Waals surface area contributed by atoms with Crippen molar-refractivity contribution in [3.05, 3.63) is 42.3 Å². The van der Waals surface area contributed by atoms with E-state index >= 15 is 0 Å². The molecule has 1 saturated carbocycles. The van der Waals surface area contributed by atoms with Crippen molar-refractivity contribution in [2.24, 2.45) is 11.8 Å². The van der Waals surface area contributed by atoms with Crippen LogP contribution in [0.3, 0.4) is 0 Å². The minimum Gasteiger partial charge on any atom is -0.438 e. The molecule has 1 aromatic carbocycles. The summed E-state index contributed by atoms with van der Waals surface area (Å²) in [7, 11) is 0. The van der Waals surface area contributed by atoms with E-state index in [1.807, 2.05) is 13.8 Å². The first-order chi connectivity index (χ1) is 15.4. The molecule has 1 aliphatic rings. The molecule has 1 aliphatic carbocycles. The number of anilines is 2. The first-order valence-corrected chi connectivity index (χ1v) is 10.2. The van der Waals surface area contributed by atoms with Gasteiger partial charge in [-0.05, 0) is 37.0 Å². The molecule has 0 spiro atoms. The summed E-state index contributed by atoms with van der Waals surface area (Å²) in [6.45, 7) is 4.19. The van der Waals surface area contributed by atoms with E-state index in [1.54, 1.807) is 18.3 Å². The van der Waals surface area contributed by atoms with E-state index in [9.17, 15) is 14.0 Å². The highest BCUT2D eigenvalue weighted by Crippen LogP contribution is 2.30. The maximum atomic E-state index is 14.1. The Morgan fingerprint density at radius 2 is 2.03 bits per heavy atom. The number of nitrogens with zero attached hydrogens (tertiary/aromatic N) is 3. The Labute approximate surface area is 183 Å². The number of aromatic nitrogens is 3. The molecule has 4 rings (SSSR count). The minimum absolute atomic E-state index is 0.0464. The summed E-state index contributed by atoms with van der Waals surface area (Å²) in [6, 6.07) is 6.48. The van der Waals surface area contributed by atoms with Crippen LogP contribution in [-0.4, -0.2) is 33.1 Å². The molecule has 10 nitrogen and oxygen atoms in total. The van der Waals surface area contributed by atoms with Crippen molar-refractivity contribution in [1.82, 2.24) is 20.1 Å². The fraction of sp³-hybridized carbons (Fsp3) is 0.333. The lowest BCUT2D eigenvalue weighted by molar-refractivity contribution is -0.117. The summed E-state index contributed by atoms with van der Waals surface area (Å²) in [6.07, 6.45) is 3.38. The number of hydroxylamine groups is 1. The molecule has 11 heteroatoms. The van der Waals surface area contributed by atoms with Gasteiger partial charge in [0.25, 0.3) is 0 Å². The zero-order valence-corrected chi connectivity index (χ0v) is 17.6. The number of nitrogens with one attached hydrogen (secondary N) is 3. The van der Waals surface area contributed by atoms with Crippen LogP contribution in [0.1, 0.15) is 26.7 Å². The molecule has 0 unspecified atom stereocenters. The van der Waals surface area contributed by atoms with Crippen LogP contribution in [0.2, 0.25) is 0 Å². The van der Waals surface area contributed by atoms with Crippen molar-refractivity contribution >= 4 is 29.1 Å². The maximum absolute atomic E-state index is 14.1. The van der Waals surface area contributed by atoms with Crippen LogP contribution in [0.25, 0.3) is 5.65 Å². The van der Waals surface area contributed by atoms with E-state index in [-0.39, 0.29) is 35.1 Å². The topological polar surface area (TPSA) is 119 Å². The lowest BCUT2D eigenvalue weighted by Gasteiger charge is -2.11. The second-order valence-electron chi connectivity index (χ2n) is 7.87. The van der Waals surface area contributed by atoms with Crippen molar-refractivity contribution in [2.45, 2.75) is 26.7 Å². The molecule has 3 aromatic rings. The van der Waals surface area contributed by atoms with Gasteiger partial charge in [0.1, 0.15) is 11.6 Å². The number of halogens is 1. The summed E-state index contributed by atoms with van der Waals surface area (Å²) in [5.74, 6) is 0.508. The largest absolute Gasteiger partial charge is 0.438 e. The molecule has 0 atom stereocenters. The Kier molecular flexibility index (Phi) is 6.17. The molecule has 3 amide bonds. The van der Waals surface area contributed by atoms with Gasteiger partial charge in [0.15, 0.2) is 11.5 Å². The third kappa shape index (κ3) is 5.49. The van der Waals surface area contributed by atoms with Crippen molar-refractivity contribution in [3.8, 4) is 11.6 Å². The number of hydrogen-bond donors (Lipinski definition) is 3. The summed E-state index contributed by atoms with van der Waals surface area (Å²) in [5.41, 5.74) is 2.64. The van der Waals surface area contributed by atoms with Crippen molar-refractivity contribution in [1.29, 1.82) is 0 Å². The Balaban J connectivity index is 1.42. The molecule has 32 heavy (non-hydrogen) atoms. The summed E-state index contributed by atoms with van der Waals surface area (Å²) in [4.78, 5) is 33.1. The second-order valence-corrected chi connectivity index (χ2v) is 7.87. The molecule has 0 saturated heterocycles. The van der Waals surface area contributed by atoms with Crippen molar-refractivity contribution in [2.75, 3.05) is 17.2 Å². The van der Waals surface area contributed by atoms with E-state index in [1.165, 1.54) is 22.7 Å². The number of hydrogen-bond acceptors (Lipinski definition) is 6. The zero-order valence-electron chi connectivity index (χ0n) is 17.6. The second kappa shape index (κ2) is 9.18. The molecule has 168 valence electrons. The normalized spacial score (nSPS) is 13.2. The standard InChI is InChI=1S/C21H23FN6O4/c1-12(2)11-31-27-21(30)23-16-9-14(5-6-15(16)22)32-19-8-7-18-24-17(10-28(18)26-19)25-20(29)13-3-4-13/h5-10,12-13H,3-4,11H2,1-2H3,(H,25,29)(H2,23,27,30). The van der Waals surface area contributed by atoms with Gasteiger partial charge in [0.05, 0.1) is 18.5 Å². The molecule has 1 fully saturated rings. The highest BCUT2D eigenvalue weighted by atomic mass is 19.1. The average molecular weight is 442 g/mol. The molecule has 3 N–H and O–H groups in total. The third-order valence-corrected chi connectivity index (χ3v) is 4.48. The van der Waals surface area contributed by atoms with E-state index in [0.29, 0.717) is 18.1 Å². The zero-order chi connectivity index (χ0) is 22.7. The van der Waals surface area contributed by atoms with Gasteiger partial charge in [0.2, 0.25) is 11.8 Å². The Hall–Kier alpha value is -3.73. The first-order valence-electron chi connectivity index (χ1n) is 10.2. The number of carbonyl (C=O) groups excluding carboxylic acids is 2. The number of fused-ring (bicyclic) bond motifs is 1. The molecular formula is C21H23FN6O4. The smallest absolute Gasteiger partial charge is 0.343 e. The van der Waals surface area contributed by atoms with Gasteiger partial charge in [-0.25, -0.2) is 24.2 Å². The average Bonchev–Trinajstić information content (AvgIpc) is 3.51. The van der Waals surface area contributed by atoms with Gasteiger partial charge in [-0.1, -0.05) is 13.8 Å². The lowest BCUT2D eigenvalue weighted by Crippen LogP contribution is -2.30. The van der Waals surface area contributed by atoms with Gasteiger partial charge in [0, 0.05) is 18.1 Å². The van der Waals surface area contributed by atoms with E-state index in [2.05, 4.69) is 26.2 Å². The fourth-order valence-corrected chi connectivity index (χ4v) is 2.76. The minimum atomic E-state index is -0.708. The monoisotopic (exact) mass is 442 g/mol. The SMILES string of the molecule is CC(C)CONC(=O)Nc1cc(Oc2ccc3nc(NC(=O)C4CC4)cn3n2)ccc1F. The summed E-state index contributed by atoms with van der Waals surface area (Å²) in [5, 5.41) is 9.43. The predicted molar refractivity (Wildman–Crippen MR) is 114 cm³/mol. The Morgan fingerprint density at radius 1 is 1.22 bits per heavy atom. The Morgan fingerprint density at radius 3 is 2.78 bits per heavy atom. The summed E-state index contributed by atoms with van der Waals surface area (Å²) >= 11 is 0. The summed E-state index contributed by atoms with van der Waals surface area (Å²) < 4.78 is 21.3. The van der Waals surface area contributed by atoms with Crippen molar-refractivity contribution in [3.63, 3.8) is 0 Å². The van der Waals surface area contributed by atoms with Crippen LogP contribution >= 0.6 is 0 Å². The van der Waals surface area contributed by atoms with Crippen LogP contribution in [0.4, 0.5) is 20.7 Å². The predicted octanol–water partition coefficient (Wildman–Crippen LogP) is 3.72. The van der Waals surface area contributed by atoms with E-state index < -0.39 is 11.8 Å². The number of rotatable bonds is 8. The van der Waals surface area contributed by atoms with Gasteiger partial charge in [-0.2, -0.15) is 0 Å². The van der Waals surface area contributed by atoms with Crippen LogP contribution < -0.4 is 20.9 Å². The number of urea groups is 1. The van der Waals surface area contributed by atoms with E-state index in [0.717, 1.165) is 12.8 Å².